The van der Waals surface area contributed by atoms with Crippen LogP contribution in [0.4, 0.5) is 4.39 Å². The summed E-state index contributed by atoms with van der Waals surface area (Å²) in [5, 5.41) is 8.79. The van der Waals surface area contributed by atoms with Crippen molar-refractivity contribution in [1.82, 2.24) is 0 Å². The molecular formula is C21H24FNO2. The Kier molecular flexibility index (Phi) is 7.12. The average molecular weight is 341 g/mol. The minimum atomic E-state index is -0.223. The van der Waals surface area contributed by atoms with Crippen molar-refractivity contribution in [2.24, 2.45) is 0 Å². The highest BCUT2D eigenvalue weighted by Gasteiger charge is 2.10. The van der Waals surface area contributed by atoms with E-state index in [0.717, 1.165) is 11.1 Å². The van der Waals surface area contributed by atoms with Crippen LogP contribution in [0.3, 0.4) is 0 Å². The van der Waals surface area contributed by atoms with E-state index in [1.165, 1.54) is 6.07 Å². The summed E-state index contributed by atoms with van der Waals surface area (Å²) < 4.78 is 25.5. The van der Waals surface area contributed by atoms with Crippen molar-refractivity contribution in [2.45, 2.75) is 52.6 Å². The maximum atomic E-state index is 14.2. The number of hydrogen-bond donors (Lipinski definition) is 0. The number of rotatable bonds is 8. The summed E-state index contributed by atoms with van der Waals surface area (Å²) >= 11 is 0. The minimum Gasteiger partial charge on any atom is -0.374 e. The monoisotopic (exact) mass is 341 g/mol. The van der Waals surface area contributed by atoms with E-state index in [1.807, 2.05) is 39.0 Å². The van der Waals surface area contributed by atoms with Gasteiger partial charge in [-0.25, -0.2) is 4.39 Å². The molecular weight excluding hydrogens is 317 g/mol. The molecule has 0 amide bonds. The average Bonchev–Trinajstić information content (AvgIpc) is 2.60. The predicted molar refractivity (Wildman–Crippen MR) is 95.4 cm³/mol. The van der Waals surface area contributed by atoms with Gasteiger partial charge in [-0.15, -0.1) is 0 Å². The van der Waals surface area contributed by atoms with Gasteiger partial charge in [0.1, 0.15) is 5.82 Å². The molecule has 2 aromatic rings. The highest BCUT2D eigenvalue weighted by atomic mass is 19.1. The molecule has 0 spiro atoms. The van der Waals surface area contributed by atoms with E-state index in [9.17, 15) is 4.39 Å². The Balaban J connectivity index is 1.86. The van der Waals surface area contributed by atoms with Gasteiger partial charge in [0.05, 0.1) is 37.1 Å². The molecule has 0 aliphatic carbocycles. The third-order valence-corrected chi connectivity index (χ3v) is 3.83. The van der Waals surface area contributed by atoms with E-state index < -0.39 is 0 Å². The third-order valence-electron chi connectivity index (χ3n) is 3.83. The second-order valence-electron chi connectivity index (χ2n) is 6.42. The van der Waals surface area contributed by atoms with Crippen LogP contribution < -0.4 is 0 Å². The van der Waals surface area contributed by atoms with Crippen LogP contribution in [0.15, 0.2) is 42.5 Å². The van der Waals surface area contributed by atoms with E-state index in [1.54, 1.807) is 18.2 Å². The van der Waals surface area contributed by atoms with Gasteiger partial charge >= 0.3 is 0 Å². The summed E-state index contributed by atoms with van der Waals surface area (Å²) in [5.74, 6) is -0.223. The Hall–Kier alpha value is -2.22. The number of hydrogen-bond acceptors (Lipinski definition) is 3. The first-order valence-corrected chi connectivity index (χ1v) is 8.47. The summed E-state index contributed by atoms with van der Waals surface area (Å²) in [4.78, 5) is 0. The molecule has 0 radical (unpaired) electrons. The van der Waals surface area contributed by atoms with Gasteiger partial charge in [-0.2, -0.15) is 5.26 Å². The Morgan fingerprint density at radius 3 is 2.20 bits per heavy atom. The topological polar surface area (TPSA) is 42.2 Å². The molecule has 4 heteroatoms. The molecule has 0 aromatic heterocycles. The summed E-state index contributed by atoms with van der Waals surface area (Å²) in [6, 6.07) is 14.6. The predicted octanol–water partition coefficient (Wildman–Crippen LogP) is 4.77. The van der Waals surface area contributed by atoms with E-state index in [2.05, 4.69) is 6.07 Å². The molecule has 2 rings (SSSR count). The zero-order chi connectivity index (χ0) is 18.2. The lowest BCUT2D eigenvalue weighted by molar-refractivity contribution is 0.0529. The van der Waals surface area contributed by atoms with E-state index in [4.69, 9.17) is 14.7 Å². The molecule has 0 heterocycles. The SMILES string of the molecule is CC(C)OCc1ccc(CC(C)OCc2ccc(C#N)cc2)c(F)c1. The van der Waals surface area contributed by atoms with Gasteiger partial charge in [-0.05, 0) is 55.7 Å². The molecule has 132 valence electrons. The van der Waals surface area contributed by atoms with Crippen molar-refractivity contribution in [3.8, 4) is 6.07 Å². The van der Waals surface area contributed by atoms with E-state index >= 15 is 0 Å². The molecule has 1 atom stereocenters. The molecule has 25 heavy (non-hydrogen) atoms. The number of ether oxygens (including phenoxy) is 2. The smallest absolute Gasteiger partial charge is 0.126 e. The second-order valence-corrected chi connectivity index (χ2v) is 6.42. The quantitative estimate of drug-likeness (QED) is 0.694. The lowest BCUT2D eigenvalue weighted by atomic mass is 10.1. The van der Waals surface area contributed by atoms with Gasteiger partial charge in [0, 0.05) is 6.42 Å². The van der Waals surface area contributed by atoms with Crippen LogP contribution in [-0.4, -0.2) is 12.2 Å². The lowest BCUT2D eigenvalue weighted by Gasteiger charge is -2.15. The van der Waals surface area contributed by atoms with Crippen molar-refractivity contribution >= 4 is 0 Å². The first kappa shape index (κ1) is 19.1. The summed E-state index contributed by atoms with van der Waals surface area (Å²) in [5.41, 5.74) is 3.09. The fraction of sp³-hybridized carbons (Fsp3) is 0.381. The maximum absolute atomic E-state index is 14.2. The van der Waals surface area contributed by atoms with Crippen molar-refractivity contribution < 1.29 is 13.9 Å². The minimum absolute atomic E-state index is 0.108. The normalized spacial score (nSPS) is 12.2. The van der Waals surface area contributed by atoms with Crippen LogP contribution in [0, 0.1) is 17.1 Å². The number of nitrogens with zero attached hydrogens (tertiary/aromatic N) is 1. The van der Waals surface area contributed by atoms with Crippen molar-refractivity contribution in [2.75, 3.05) is 0 Å². The van der Waals surface area contributed by atoms with Crippen LogP contribution in [-0.2, 0) is 29.1 Å². The molecule has 0 saturated carbocycles. The Morgan fingerprint density at radius 1 is 0.960 bits per heavy atom. The lowest BCUT2D eigenvalue weighted by Crippen LogP contribution is -2.13. The molecule has 0 bridgehead atoms. The largest absolute Gasteiger partial charge is 0.374 e. The first-order valence-electron chi connectivity index (χ1n) is 8.47. The Bertz CT molecular complexity index is 720. The maximum Gasteiger partial charge on any atom is 0.126 e. The molecule has 0 fully saturated rings. The Labute approximate surface area is 149 Å². The zero-order valence-corrected chi connectivity index (χ0v) is 15.0. The number of nitriles is 1. The summed E-state index contributed by atoms with van der Waals surface area (Å²) in [7, 11) is 0. The van der Waals surface area contributed by atoms with Gasteiger partial charge in [-0.1, -0.05) is 24.3 Å². The fourth-order valence-electron chi connectivity index (χ4n) is 2.39. The zero-order valence-electron chi connectivity index (χ0n) is 15.0. The van der Waals surface area contributed by atoms with Gasteiger partial charge in [0.2, 0.25) is 0 Å². The Morgan fingerprint density at radius 2 is 1.60 bits per heavy atom. The van der Waals surface area contributed by atoms with Gasteiger partial charge < -0.3 is 9.47 Å². The van der Waals surface area contributed by atoms with Gasteiger partial charge in [0.15, 0.2) is 0 Å². The number of halogens is 1. The van der Waals surface area contributed by atoms with Crippen LogP contribution >= 0.6 is 0 Å². The standard InChI is InChI=1S/C21H24FNO2/c1-15(2)24-14-19-8-9-20(21(22)11-19)10-16(3)25-13-18-6-4-17(12-23)5-7-18/h4-9,11,15-16H,10,13-14H2,1-3H3. The van der Waals surface area contributed by atoms with Crippen LogP contribution in [0.1, 0.15) is 43.0 Å². The highest BCUT2D eigenvalue weighted by Crippen LogP contribution is 2.16. The van der Waals surface area contributed by atoms with E-state index in [0.29, 0.717) is 30.8 Å². The van der Waals surface area contributed by atoms with Crippen molar-refractivity contribution in [3.05, 3.63) is 70.5 Å². The van der Waals surface area contributed by atoms with Crippen LogP contribution in [0.2, 0.25) is 0 Å². The summed E-state index contributed by atoms with van der Waals surface area (Å²) in [6.45, 7) is 6.70. The van der Waals surface area contributed by atoms with Gasteiger partial charge in [0.25, 0.3) is 0 Å². The molecule has 0 aliphatic rings. The summed E-state index contributed by atoms with van der Waals surface area (Å²) in [6.07, 6.45) is 0.522. The van der Waals surface area contributed by atoms with Crippen molar-refractivity contribution in [1.29, 1.82) is 5.26 Å². The van der Waals surface area contributed by atoms with Gasteiger partial charge in [-0.3, -0.25) is 0 Å². The van der Waals surface area contributed by atoms with Crippen molar-refractivity contribution in [3.63, 3.8) is 0 Å². The molecule has 0 saturated heterocycles. The molecule has 0 aliphatic heterocycles. The van der Waals surface area contributed by atoms with Crippen LogP contribution in [0.25, 0.3) is 0 Å². The fourth-order valence-corrected chi connectivity index (χ4v) is 2.39. The first-order chi connectivity index (χ1) is 12.0. The molecule has 3 nitrogen and oxygen atoms in total. The number of benzene rings is 2. The third kappa shape index (κ3) is 6.30. The highest BCUT2D eigenvalue weighted by molar-refractivity contribution is 5.31. The second kappa shape index (κ2) is 9.31. The molecule has 0 N–H and O–H groups in total. The molecule has 2 aromatic carbocycles. The van der Waals surface area contributed by atoms with E-state index in [-0.39, 0.29) is 18.0 Å². The van der Waals surface area contributed by atoms with Crippen LogP contribution in [0.5, 0.6) is 0 Å². The molecule has 1 unspecified atom stereocenters.